The Morgan fingerprint density at radius 3 is 1.89 bits per heavy atom. The number of aromatic nitrogens is 3. The number of halogens is 1. The van der Waals surface area contributed by atoms with Gasteiger partial charge in [0.05, 0.1) is 68.3 Å². The molecule has 3 N–H and O–H groups in total. The molecule has 0 bridgehead atoms. The van der Waals surface area contributed by atoms with Gasteiger partial charge >= 0.3 is 11.9 Å². The number of para-hydroxylation sites is 2. The zero-order chi connectivity index (χ0) is 60.2. The van der Waals surface area contributed by atoms with Crippen LogP contribution in [0.1, 0.15) is 62.9 Å². The van der Waals surface area contributed by atoms with Gasteiger partial charge in [0, 0.05) is 45.7 Å². The van der Waals surface area contributed by atoms with Crippen LogP contribution >= 0.6 is 0 Å². The summed E-state index contributed by atoms with van der Waals surface area (Å²) in [5.74, 6) is -1.49. The Morgan fingerprint density at radius 2 is 1.22 bits per heavy atom. The summed E-state index contributed by atoms with van der Waals surface area (Å²) >= 11 is -2.20. The number of H-pyrrole nitrogens is 3. The highest BCUT2D eigenvalue weighted by Gasteiger charge is 2.35. The van der Waals surface area contributed by atoms with Crippen molar-refractivity contribution in [3.63, 3.8) is 0 Å². The van der Waals surface area contributed by atoms with Gasteiger partial charge in [0.1, 0.15) is 56.1 Å². The second-order valence-corrected chi connectivity index (χ2v) is 21.2. The lowest BCUT2D eigenvalue weighted by Crippen LogP contribution is -2.24. The Labute approximate surface area is 492 Å². The molecule has 440 valence electrons. The van der Waals surface area contributed by atoms with Crippen molar-refractivity contribution in [3.8, 4) is 45.3 Å². The molecule has 2 atom stereocenters. The molecule has 1 aliphatic heterocycles. The normalized spacial score (nSPS) is 13.6. The van der Waals surface area contributed by atoms with Crippen LogP contribution in [-0.4, -0.2) is 78.5 Å². The molecule has 12 aromatic rings. The van der Waals surface area contributed by atoms with Gasteiger partial charge in [-0.3, -0.25) is 18.6 Å². The number of hydrogen-bond donors (Lipinski definition) is 3. The fraction of sp³-hybridized carbons (Fsp3) is 0.185. The number of nitrogens with one attached hydrogen (secondary N) is 3. The molecule has 0 aliphatic carbocycles. The van der Waals surface area contributed by atoms with Crippen LogP contribution in [0.25, 0.3) is 88.5 Å². The minimum atomic E-state index is -2.20. The molecule has 0 spiro atoms. The molecule has 0 saturated carbocycles. The molecule has 1 aliphatic rings. The molecule has 87 heavy (non-hydrogen) atoms. The third-order valence-electron chi connectivity index (χ3n) is 15.1. The lowest BCUT2D eigenvalue weighted by Gasteiger charge is -2.27. The van der Waals surface area contributed by atoms with Crippen molar-refractivity contribution in [1.29, 1.82) is 0 Å². The van der Waals surface area contributed by atoms with E-state index >= 15 is 4.39 Å². The average Bonchev–Trinajstić information content (AvgIpc) is 1.77. The molecule has 20 nitrogen and oxygen atoms in total. The number of pyridine rings is 3. The van der Waals surface area contributed by atoms with Gasteiger partial charge < -0.3 is 61.4 Å². The molecule has 0 radical (unpaired) electrons. The third kappa shape index (κ3) is 9.91. The van der Waals surface area contributed by atoms with E-state index in [9.17, 15) is 28.2 Å². The Bertz CT molecular complexity index is 4990. The first-order valence-electron chi connectivity index (χ1n) is 27.5. The first-order chi connectivity index (χ1) is 42.3. The van der Waals surface area contributed by atoms with E-state index in [0.29, 0.717) is 77.9 Å². The number of hydrogen-bond acceptors (Lipinski definition) is 17. The van der Waals surface area contributed by atoms with Gasteiger partial charge in [-0.15, -0.1) is 0 Å². The van der Waals surface area contributed by atoms with E-state index < -0.39 is 57.2 Å². The van der Waals surface area contributed by atoms with Gasteiger partial charge in [0.2, 0.25) is 0 Å². The maximum absolute atomic E-state index is 15.6. The summed E-state index contributed by atoms with van der Waals surface area (Å²) < 4.78 is 94.0. The number of rotatable bonds is 18. The van der Waals surface area contributed by atoms with E-state index in [4.69, 9.17) is 50.6 Å². The van der Waals surface area contributed by atoms with Crippen LogP contribution in [0.2, 0.25) is 0 Å². The topological polar surface area (TPSA) is 263 Å². The summed E-state index contributed by atoms with van der Waals surface area (Å²) in [5, 5.41) is 1.60. The van der Waals surface area contributed by atoms with Crippen LogP contribution < -0.4 is 35.6 Å². The predicted molar refractivity (Wildman–Crippen MR) is 319 cm³/mol. The summed E-state index contributed by atoms with van der Waals surface area (Å²) in [5.41, 5.74) is 2.16. The number of fused-ring (bicyclic) bond motifs is 10. The predicted octanol–water partition coefficient (Wildman–Crippen LogP) is 11.7. The van der Waals surface area contributed by atoms with Crippen molar-refractivity contribution in [2.45, 2.75) is 37.7 Å². The number of benzene rings is 6. The Hall–Kier alpha value is -10.3. The van der Waals surface area contributed by atoms with E-state index in [1.165, 1.54) is 26.4 Å². The van der Waals surface area contributed by atoms with E-state index in [1.807, 2.05) is 13.0 Å². The quantitative estimate of drug-likeness (QED) is 0.0674. The van der Waals surface area contributed by atoms with Crippen LogP contribution in [0.4, 0.5) is 4.39 Å². The molecule has 2 unspecified atom stereocenters. The largest absolute Gasteiger partial charge is 0.497 e. The van der Waals surface area contributed by atoms with Gasteiger partial charge in [-0.25, -0.2) is 18.2 Å². The molecule has 0 saturated heterocycles. The molecule has 7 heterocycles. The van der Waals surface area contributed by atoms with Crippen molar-refractivity contribution in [2.24, 2.45) is 0 Å². The van der Waals surface area contributed by atoms with E-state index in [2.05, 4.69) is 15.0 Å². The lowest BCUT2D eigenvalue weighted by molar-refractivity contribution is -0.0427. The second kappa shape index (κ2) is 22.9. The summed E-state index contributed by atoms with van der Waals surface area (Å²) in [6, 6.07) is 33.6. The third-order valence-corrected chi connectivity index (χ3v) is 16.3. The van der Waals surface area contributed by atoms with Gasteiger partial charge in [0.15, 0.2) is 46.2 Å². The Kier molecular flexibility index (Phi) is 14.7. The molecule has 6 aromatic heterocycles. The summed E-state index contributed by atoms with van der Waals surface area (Å²) in [6.07, 6.45) is -0.653. The van der Waals surface area contributed by atoms with Crippen LogP contribution in [0.5, 0.6) is 23.0 Å². The fourth-order valence-electron chi connectivity index (χ4n) is 11.2. The molecule has 0 amide bonds. The number of aromatic amines is 3. The summed E-state index contributed by atoms with van der Waals surface area (Å²) in [4.78, 5) is 79.0. The van der Waals surface area contributed by atoms with Gasteiger partial charge in [-0.05, 0) is 103 Å². The second-order valence-electron chi connectivity index (χ2n) is 20.1. The minimum absolute atomic E-state index is 0.0389. The number of carbonyl (C=O) groups is 2. The van der Waals surface area contributed by atoms with Gasteiger partial charge in [-0.1, -0.05) is 48.5 Å². The van der Waals surface area contributed by atoms with Crippen molar-refractivity contribution in [1.82, 2.24) is 15.0 Å². The summed E-state index contributed by atoms with van der Waals surface area (Å²) in [6.45, 7) is 3.22. The number of carbonyl (C=O) groups excluding carboxylic acids is 2. The maximum atomic E-state index is 15.6. The zero-order valence-electron chi connectivity index (χ0n) is 46.8. The monoisotopic (exact) mass is 1200 g/mol. The van der Waals surface area contributed by atoms with E-state index in [0.717, 1.165) is 6.07 Å². The van der Waals surface area contributed by atoms with Crippen molar-refractivity contribution in [2.75, 3.05) is 47.4 Å². The first kappa shape index (κ1) is 55.9. The highest BCUT2D eigenvalue weighted by Crippen LogP contribution is 2.45. The van der Waals surface area contributed by atoms with Crippen molar-refractivity contribution < 1.29 is 68.8 Å². The SMILES string of the molecule is CCOc1ccc(OC)cc1-c1c(C(=O)OCCc2ccc3c(c2)oc2c(-c4ccc(OC)c(F)c4)c(C(=O)OCCc4ccc5c(c4)oc4c(C6OCOc7ccccc76)c(S(=O)OCC)c(=O)[nH]c45)c(=O)[nH]c23)c(=O)[nH]c2c1oc1ccccc12. The molecule has 6 aromatic carbocycles. The molecular weight excluding hydrogens is 1150 g/mol. The van der Waals surface area contributed by atoms with E-state index in [-0.39, 0.29) is 112 Å². The standard InChI is InChI=1S/C65H50FN3O17S/c1-5-78-43-22-18-35(76-3)30-40(43)49-51(62(71)67-53-36-11-7-10-14-44(36)84-58(49)53)65(74)80-26-24-32-15-19-37-46(27-32)85-57-48(34-17-21-45(77-4)41(66)29-34)50(61(70)68-54(37)57)64(73)79-25-23-33-16-20-38-47(28-33)86-59-52(56-39-12-8-9-13-42(39)81-31-82-56)60(87(75)83-6-2)63(72)69-55(38)59/h7-22,27-30,56H,5-6,23-26,31H2,1-4H3,(H,67,71)(H,68,70)(H,69,72). The number of esters is 2. The van der Waals surface area contributed by atoms with Crippen molar-refractivity contribution in [3.05, 3.63) is 192 Å². The number of furan rings is 3. The number of methoxy groups -OCH3 is 2. The zero-order valence-corrected chi connectivity index (χ0v) is 47.6. The van der Waals surface area contributed by atoms with Crippen LogP contribution in [0.3, 0.4) is 0 Å². The van der Waals surface area contributed by atoms with Crippen LogP contribution in [0.15, 0.2) is 154 Å². The van der Waals surface area contributed by atoms with E-state index in [1.54, 1.807) is 104 Å². The van der Waals surface area contributed by atoms with Crippen LogP contribution in [-0.2, 0) is 42.3 Å². The van der Waals surface area contributed by atoms with Gasteiger partial charge in [0.25, 0.3) is 16.7 Å². The molecule has 13 rings (SSSR count). The molecule has 22 heteroatoms. The van der Waals surface area contributed by atoms with Crippen LogP contribution in [0, 0.1) is 5.82 Å². The number of ether oxygens (including phenoxy) is 7. The highest BCUT2D eigenvalue weighted by molar-refractivity contribution is 7.80. The maximum Gasteiger partial charge on any atom is 0.344 e. The van der Waals surface area contributed by atoms with Gasteiger partial charge in [-0.2, -0.15) is 0 Å². The molecule has 0 fully saturated rings. The highest BCUT2D eigenvalue weighted by atomic mass is 32.2. The lowest BCUT2D eigenvalue weighted by atomic mass is 9.98. The molecular formula is C65H50FN3O17S. The minimum Gasteiger partial charge on any atom is -0.497 e. The Balaban J connectivity index is 0.791. The fourth-order valence-corrected chi connectivity index (χ4v) is 12.1. The smallest absolute Gasteiger partial charge is 0.344 e. The first-order valence-corrected chi connectivity index (χ1v) is 28.6. The van der Waals surface area contributed by atoms with Crippen molar-refractivity contribution >= 4 is 89.2 Å². The summed E-state index contributed by atoms with van der Waals surface area (Å²) in [7, 11) is 2.80. The Morgan fingerprint density at radius 1 is 0.621 bits per heavy atom. The average molecular weight is 1200 g/mol.